The van der Waals surface area contributed by atoms with Crippen molar-refractivity contribution < 1.29 is 19.5 Å². The van der Waals surface area contributed by atoms with Gasteiger partial charge in [0.25, 0.3) is 0 Å². The second-order valence-corrected chi connectivity index (χ2v) is 27.2. The molecule has 0 bridgehead atoms. The first-order valence-corrected chi connectivity index (χ1v) is 29.2. The van der Waals surface area contributed by atoms with Gasteiger partial charge in [0.15, 0.2) is 5.82 Å². The van der Waals surface area contributed by atoms with E-state index in [-0.39, 0.29) is 57.5 Å². The maximum atomic E-state index is 10.0. The highest BCUT2D eigenvalue weighted by molar-refractivity contribution is 6.62. The summed E-state index contributed by atoms with van der Waals surface area (Å²) in [5.74, 6) is 2.22. The number of β-amino-alcohol motifs (C(OH)–C–C–N with tert-alkyl or cyclic N) is 2. The van der Waals surface area contributed by atoms with E-state index in [9.17, 15) is 10.2 Å². The van der Waals surface area contributed by atoms with Crippen molar-refractivity contribution in [1.82, 2.24) is 39.7 Å². The number of anilines is 2. The number of rotatable bonds is 6. The molecule has 5 fully saturated rings. The van der Waals surface area contributed by atoms with Crippen LogP contribution in [0.3, 0.4) is 0 Å². The molecular weight excluding hydrogens is 971 g/mol. The van der Waals surface area contributed by atoms with E-state index in [1.165, 1.54) is 54.3 Å². The fraction of sp³-hybridized carbons (Fsp3) is 0.700. The lowest BCUT2D eigenvalue weighted by molar-refractivity contribution is 0.00578. The third-order valence-corrected chi connectivity index (χ3v) is 19.2. The minimum Gasteiger partial charge on any atom is -0.399 e. The van der Waals surface area contributed by atoms with Crippen LogP contribution in [0.15, 0.2) is 49.1 Å². The molecule has 2 N–H and O–H groups in total. The Balaban J connectivity index is 0.000000145. The lowest BCUT2D eigenvalue weighted by Gasteiger charge is -2.42. The summed E-state index contributed by atoms with van der Waals surface area (Å²) in [6.07, 6.45) is 16.1. The molecule has 5 saturated heterocycles. The molecule has 76 heavy (non-hydrogen) atoms. The van der Waals surface area contributed by atoms with Gasteiger partial charge in [-0.1, -0.05) is 85.7 Å². The number of aromatic nitrogens is 6. The molecule has 0 saturated carbocycles. The second kappa shape index (κ2) is 22.4. The quantitative estimate of drug-likeness (QED) is 0.177. The van der Waals surface area contributed by atoms with Gasteiger partial charge in [-0.25, -0.2) is 19.9 Å². The standard InChI is InChI=1S/C27H39N5O.C20H31BO2.C13H20ClN5O/c1-26(2)11-12-27(3,4)23-16-19(7-8-22(23)26)24-28-18-29-25(30-24)31-14-9-20(10-15-31)32-13-5-6-21(33)17-32;1-17(2)11-12-18(3,4)16-13-14(9-10-15(16)17)21-22-19(5,6)20(7,8)23-21;14-12-15-9-16-13(17-12)18-6-3-10(4-7-18)19-5-1-2-11(20)8-19/h7-8,16,18,20-21,33H,5-6,9-15,17H2,1-4H3;9-10,13H,11-12H2,1-8H3;9-11,20H,1-8H2. The van der Waals surface area contributed by atoms with Crippen molar-refractivity contribution in [1.29, 1.82) is 0 Å². The Morgan fingerprint density at radius 3 is 1.42 bits per heavy atom. The molecular formula is C60H90BClN10O4. The molecule has 2 aliphatic carbocycles. The highest BCUT2D eigenvalue weighted by Gasteiger charge is 2.52. The molecule has 2 atom stereocenters. The van der Waals surface area contributed by atoms with E-state index < -0.39 is 0 Å². The topological polar surface area (TPSA) is 149 Å². The number of hydrogen-bond acceptors (Lipinski definition) is 14. The molecule has 11 rings (SSSR count). The van der Waals surface area contributed by atoms with Crippen LogP contribution in [-0.4, -0.2) is 145 Å². The van der Waals surface area contributed by atoms with Crippen LogP contribution >= 0.6 is 11.6 Å². The second-order valence-electron chi connectivity index (χ2n) is 26.9. The fourth-order valence-electron chi connectivity index (χ4n) is 13.0. The van der Waals surface area contributed by atoms with Crippen LogP contribution in [-0.2, 0) is 31.0 Å². The number of nitrogens with zero attached hydrogens (tertiary/aromatic N) is 10. The van der Waals surface area contributed by atoms with Gasteiger partial charge in [-0.05, 0) is 185 Å². The van der Waals surface area contributed by atoms with Crippen molar-refractivity contribution in [3.63, 3.8) is 0 Å². The maximum Gasteiger partial charge on any atom is 0.494 e. The SMILES string of the molecule is CC1(C)CCC(C)(C)c2cc(-c3ncnc(N4CCC(N5CCCC(O)C5)CC4)n3)ccc21.CC1(C)CCC(C)(C)c2cc(B3OC(C)(C)C(C)(C)O3)ccc21.OC1CCCN(C2CCN(c3ncnc(Cl)n3)CC2)C1. The van der Waals surface area contributed by atoms with Crippen LogP contribution in [0.4, 0.5) is 11.9 Å². The van der Waals surface area contributed by atoms with Crippen LogP contribution in [0.1, 0.15) is 182 Å². The zero-order valence-corrected chi connectivity index (χ0v) is 49.0. The zero-order chi connectivity index (χ0) is 54.4. The van der Waals surface area contributed by atoms with Crippen LogP contribution in [0.2, 0.25) is 5.28 Å². The van der Waals surface area contributed by atoms with Crippen molar-refractivity contribution in [3.8, 4) is 11.4 Å². The summed E-state index contributed by atoms with van der Waals surface area (Å²) in [6, 6.07) is 14.8. The first kappa shape index (κ1) is 56.9. The van der Waals surface area contributed by atoms with Gasteiger partial charge >= 0.3 is 7.12 Å². The predicted octanol–water partition coefficient (Wildman–Crippen LogP) is 9.60. The lowest BCUT2D eigenvalue weighted by Crippen LogP contribution is -2.49. The van der Waals surface area contributed by atoms with Gasteiger partial charge in [-0.15, -0.1) is 0 Å². The molecule has 2 unspecified atom stereocenters. The number of piperidine rings is 4. The molecule has 414 valence electrons. The summed E-state index contributed by atoms with van der Waals surface area (Å²) >= 11 is 5.81. The summed E-state index contributed by atoms with van der Waals surface area (Å²) in [4.78, 5) is 35.5. The number of fused-ring (bicyclic) bond motifs is 2. The maximum absolute atomic E-state index is 10.0. The molecule has 2 aromatic heterocycles. The average molecular weight is 1060 g/mol. The Morgan fingerprint density at radius 1 is 0.513 bits per heavy atom. The first-order chi connectivity index (χ1) is 35.8. The Bertz CT molecular complexity index is 2620. The average Bonchev–Trinajstić information content (AvgIpc) is 3.62. The fourth-order valence-corrected chi connectivity index (χ4v) is 13.1. The Hall–Kier alpha value is -3.83. The molecule has 2 aromatic carbocycles. The van der Waals surface area contributed by atoms with Crippen molar-refractivity contribution in [2.24, 2.45) is 0 Å². The largest absolute Gasteiger partial charge is 0.494 e. The number of aliphatic hydroxyl groups is 2. The van der Waals surface area contributed by atoms with E-state index in [0.717, 1.165) is 127 Å². The van der Waals surface area contributed by atoms with E-state index in [4.69, 9.17) is 25.9 Å². The summed E-state index contributed by atoms with van der Waals surface area (Å²) in [6.45, 7) is 34.9. The smallest absolute Gasteiger partial charge is 0.399 e. The van der Waals surface area contributed by atoms with Gasteiger partial charge in [-0.3, -0.25) is 9.80 Å². The molecule has 14 nitrogen and oxygen atoms in total. The summed E-state index contributed by atoms with van der Waals surface area (Å²) in [5, 5.41) is 20.1. The van der Waals surface area contributed by atoms with Crippen LogP contribution in [0.25, 0.3) is 11.4 Å². The van der Waals surface area contributed by atoms with Gasteiger partial charge in [0.2, 0.25) is 17.2 Å². The monoisotopic (exact) mass is 1060 g/mol. The highest BCUT2D eigenvalue weighted by Crippen LogP contribution is 2.48. The number of benzene rings is 2. The third kappa shape index (κ3) is 12.6. The molecule has 0 radical (unpaired) electrons. The Labute approximate surface area is 460 Å². The number of likely N-dealkylation sites (tertiary alicyclic amines) is 2. The van der Waals surface area contributed by atoms with Crippen molar-refractivity contribution in [3.05, 3.63) is 76.6 Å². The van der Waals surface area contributed by atoms with Gasteiger partial charge in [0, 0.05) is 56.9 Å². The van der Waals surface area contributed by atoms with Gasteiger partial charge in [0.1, 0.15) is 12.7 Å². The molecule has 4 aromatic rings. The van der Waals surface area contributed by atoms with E-state index in [1.54, 1.807) is 6.33 Å². The molecule has 7 aliphatic rings. The van der Waals surface area contributed by atoms with Crippen LogP contribution in [0, 0.1) is 0 Å². The van der Waals surface area contributed by atoms with E-state index in [0.29, 0.717) is 18.0 Å². The molecule has 0 amide bonds. The highest BCUT2D eigenvalue weighted by atomic mass is 35.5. The van der Waals surface area contributed by atoms with Crippen molar-refractivity contribution >= 4 is 36.1 Å². The van der Waals surface area contributed by atoms with E-state index >= 15 is 0 Å². The first-order valence-electron chi connectivity index (χ1n) is 28.8. The van der Waals surface area contributed by atoms with Crippen LogP contribution < -0.4 is 15.3 Å². The van der Waals surface area contributed by atoms with Gasteiger partial charge in [0.05, 0.1) is 23.4 Å². The summed E-state index contributed by atoms with van der Waals surface area (Å²) in [7, 11) is -0.272. The molecule has 16 heteroatoms. The minimum atomic E-state index is -0.289. The van der Waals surface area contributed by atoms with E-state index in [2.05, 4.69) is 164 Å². The van der Waals surface area contributed by atoms with E-state index in [1.807, 2.05) is 0 Å². The Morgan fingerprint density at radius 2 is 0.947 bits per heavy atom. The normalized spacial score (nSPS) is 26.1. The zero-order valence-electron chi connectivity index (χ0n) is 48.2. The van der Waals surface area contributed by atoms with Gasteiger partial charge < -0.3 is 29.3 Å². The molecule has 7 heterocycles. The summed E-state index contributed by atoms with van der Waals surface area (Å²) < 4.78 is 12.5. The van der Waals surface area contributed by atoms with Crippen molar-refractivity contribution in [2.45, 2.75) is 217 Å². The molecule has 5 aliphatic heterocycles. The van der Waals surface area contributed by atoms with Crippen molar-refractivity contribution in [2.75, 3.05) is 62.2 Å². The third-order valence-electron chi connectivity index (χ3n) is 19.0. The minimum absolute atomic E-state index is 0.149. The van der Waals surface area contributed by atoms with Crippen LogP contribution in [0.5, 0.6) is 0 Å². The Kier molecular flexibility index (Phi) is 16.7. The summed E-state index contributed by atoms with van der Waals surface area (Å²) in [5.41, 5.74) is 8.32. The number of aliphatic hydroxyl groups excluding tert-OH is 2. The lowest BCUT2D eigenvalue weighted by atomic mass is 9.61. The molecule has 0 spiro atoms. The number of hydrogen-bond donors (Lipinski definition) is 2. The number of halogens is 1. The predicted molar refractivity (Wildman–Crippen MR) is 307 cm³/mol. The van der Waals surface area contributed by atoms with Gasteiger partial charge in [-0.2, -0.15) is 9.97 Å².